The average molecular weight is 485 g/mol. The van der Waals surface area contributed by atoms with Gasteiger partial charge in [0.2, 0.25) is 6.41 Å². The summed E-state index contributed by atoms with van der Waals surface area (Å²) in [4.78, 5) is 18.6. The second-order valence-electron chi connectivity index (χ2n) is 6.87. The third kappa shape index (κ3) is 7.74. The Hall–Kier alpha value is -3.65. The summed E-state index contributed by atoms with van der Waals surface area (Å²) in [5.41, 5.74) is 1.60. The van der Waals surface area contributed by atoms with Gasteiger partial charge in [0.25, 0.3) is 0 Å². The van der Waals surface area contributed by atoms with E-state index in [1.165, 1.54) is 66.1 Å². The largest absolute Gasteiger partial charge is 0.493 e. The van der Waals surface area contributed by atoms with Crippen molar-refractivity contribution in [3.63, 3.8) is 0 Å². The Labute approximate surface area is 202 Å². The van der Waals surface area contributed by atoms with Crippen LogP contribution in [-0.2, 0) is 4.79 Å². The first-order valence-corrected chi connectivity index (χ1v) is 11.0. The lowest BCUT2D eigenvalue weighted by Crippen LogP contribution is -2.27. The number of thioether (sulfide) groups is 1. The molecule has 0 aliphatic carbocycles. The van der Waals surface area contributed by atoms with Crippen molar-refractivity contribution in [2.75, 3.05) is 19.1 Å². The van der Waals surface area contributed by atoms with Gasteiger partial charge in [-0.1, -0.05) is 24.4 Å². The van der Waals surface area contributed by atoms with Gasteiger partial charge >= 0.3 is 0 Å². The van der Waals surface area contributed by atoms with Gasteiger partial charge < -0.3 is 9.47 Å². The fourth-order valence-electron chi connectivity index (χ4n) is 2.76. The van der Waals surface area contributed by atoms with Crippen LogP contribution in [0.1, 0.15) is 19.4 Å². The van der Waals surface area contributed by atoms with Crippen LogP contribution in [0.3, 0.4) is 0 Å². The van der Waals surface area contributed by atoms with Crippen LogP contribution in [0.15, 0.2) is 88.7 Å². The lowest BCUT2D eigenvalue weighted by Gasteiger charge is -2.20. The Morgan fingerprint density at radius 3 is 2.29 bits per heavy atom. The molecule has 0 heterocycles. The number of allylic oxidation sites excluding steroid dienone is 5. The van der Waals surface area contributed by atoms with Crippen molar-refractivity contribution in [3.8, 4) is 11.5 Å². The van der Waals surface area contributed by atoms with Crippen LogP contribution in [0, 0.1) is 5.82 Å². The van der Waals surface area contributed by atoms with E-state index in [0.717, 1.165) is 10.5 Å². The van der Waals surface area contributed by atoms with Crippen LogP contribution in [-0.4, -0.2) is 25.8 Å². The Morgan fingerprint density at radius 1 is 1.06 bits per heavy atom. The summed E-state index contributed by atoms with van der Waals surface area (Å²) in [6.45, 7) is 6.87. The van der Waals surface area contributed by atoms with Gasteiger partial charge in [0.1, 0.15) is 5.82 Å². The molecular weight excluding hydrogens is 458 g/mol. The molecule has 0 fully saturated rings. The highest BCUT2D eigenvalue weighted by atomic mass is 32.2. The summed E-state index contributed by atoms with van der Waals surface area (Å²) in [5, 5.41) is 0.270. The van der Waals surface area contributed by atoms with Gasteiger partial charge in [-0.2, -0.15) is 0 Å². The number of rotatable bonds is 9. The van der Waals surface area contributed by atoms with Crippen LogP contribution in [0.25, 0.3) is 6.08 Å². The van der Waals surface area contributed by atoms with Gasteiger partial charge in [-0.15, -0.1) is 0 Å². The number of carbonyl (C=O) groups is 1. The van der Waals surface area contributed by atoms with E-state index in [1.54, 1.807) is 20.3 Å². The maximum atomic E-state index is 13.4. The molecule has 0 N–H and O–H groups in total. The number of halogens is 2. The van der Waals surface area contributed by atoms with Crippen molar-refractivity contribution in [1.29, 1.82) is 0 Å². The highest BCUT2D eigenvalue weighted by molar-refractivity contribution is 8.17. The van der Waals surface area contributed by atoms with Crippen molar-refractivity contribution < 1.29 is 23.0 Å². The number of carbonyl (C=O) groups excluding carboxylic acids is 1. The highest BCUT2D eigenvalue weighted by Crippen LogP contribution is 2.31. The normalized spacial score (nSPS) is 12.9. The molecular formula is C26H26F2N2O3S. The third-order valence-electron chi connectivity index (χ3n) is 4.36. The van der Waals surface area contributed by atoms with Crippen LogP contribution in [0.5, 0.6) is 11.5 Å². The maximum absolute atomic E-state index is 13.4. The number of anilines is 1. The zero-order valence-corrected chi connectivity index (χ0v) is 20.2. The number of benzene rings is 2. The number of amidine groups is 1. The monoisotopic (exact) mass is 484 g/mol. The number of amides is 1. The molecule has 8 heteroatoms. The van der Waals surface area contributed by atoms with Crippen LogP contribution in [0.4, 0.5) is 14.5 Å². The zero-order valence-electron chi connectivity index (χ0n) is 19.4. The molecule has 0 spiro atoms. The van der Waals surface area contributed by atoms with E-state index in [0.29, 0.717) is 29.3 Å². The van der Waals surface area contributed by atoms with E-state index in [-0.39, 0.29) is 5.17 Å². The number of ether oxygens (including phenoxy) is 2. The summed E-state index contributed by atoms with van der Waals surface area (Å²) < 4.78 is 37.3. The van der Waals surface area contributed by atoms with Gasteiger partial charge in [0.15, 0.2) is 16.7 Å². The summed E-state index contributed by atoms with van der Waals surface area (Å²) >= 11 is 1.21. The first-order valence-electron chi connectivity index (χ1n) is 10.1. The van der Waals surface area contributed by atoms with Gasteiger partial charge in [-0.25, -0.2) is 13.8 Å². The summed E-state index contributed by atoms with van der Waals surface area (Å²) in [6.07, 6.45) is 6.61. The number of aliphatic imine (C=N–C) groups is 1. The molecule has 0 saturated carbocycles. The zero-order chi connectivity index (χ0) is 25.1. The smallest absolute Gasteiger partial charge is 0.220 e. The molecule has 0 atom stereocenters. The molecule has 0 bridgehead atoms. The summed E-state index contributed by atoms with van der Waals surface area (Å²) in [5.74, 6) is 0.348. The molecule has 0 aliphatic heterocycles. The third-order valence-corrected chi connectivity index (χ3v) is 5.27. The first-order chi connectivity index (χ1) is 16.3. The van der Waals surface area contributed by atoms with Crippen LogP contribution < -0.4 is 14.4 Å². The molecule has 34 heavy (non-hydrogen) atoms. The van der Waals surface area contributed by atoms with Gasteiger partial charge in [-0.3, -0.25) is 9.69 Å². The molecule has 2 rings (SSSR count). The van der Waals surface area contributed by atoms with Crippen molar-refractivity contribution in [2.45, 2.75) is 13.8 Å². The van der Waals surface area contributed by atoms with E-state index < -0.39 is 11.6 Å². The second-order valence-corrected chi connectivity index (χ2v) is 8.08. The quantitative estimate of drug-likeness (QED) is 0.168. The van der Waals surface area contributed by atoms with Crippen molar-refractivity contribution >= 4 is 35.1 Å². The molecule has 5 nitrogen and oxygen atoms in total. The summed E-state index contributed by atoms with van der Waals surface area (Å²) in [6, 6.07) is 10.9. The van der Waals surface area contributed by atoms with Crippen molar-refractivity contribution in [2.24, 2.45) is 4.99 Å². The SMILES string of the molecule is C=C/C(=C\C=C(/C)F)N=C(S/C(C)=C\c1ccc(OC)c(OC)c1)N(C=O)c1ccc(F)cc1. The van der Waals surface area contributed by atoms with E-state index in [1.807, 2.05) is 25.1 Å². The molecule has 0 aliphatic rings. The topological polar surface area (TPSA) is 51.1 Å². The van der Waals surface area contributed by atoms with Crippen molar-refractivity contribution in [1.82, 2.24) is 0 Å². The lowest BCUT2D eigenvalue weighted by molar-refractivity contribution is -0.106. The lowest BCUT2D eigenvalue weighted by atomic mass is 10.2. The Kier molecular flexibility index (Phi) is 10.3. The predicted octanol–water partition coefficient (Wildman–Crippen LogP) is 6.90. The van der Waals surface area contributed by atoms with Crippen molar-refractivity contribution in [3.05, 3.63) is 95.1 Å². The molecule has 2 aromatic carbocycles. The van der Waals surface area contributed by atoms with E-state index in [9.17, 15) is 13.6 Å². The van der Waals surface area contributed by atoms with Gasteiger partial charge in [0.05, 0.1) is 31.4 Å². The first kappa shape index (κ1) is 26.6. The molecule has 178 valence electrons. The Bertz CT molecular complexity index is 1140. The molecule has 0 radical (unpaired) electrons. The highest BCUT2D eigenvalue weighted by Gasteiger charge is 2.16. The molecule has 0 unspecified atom stereocenters. The fourth-order valence-corrected chi connectivity index (χ4v) is 3.64. The molecule has 2 aromatic rings. The average Bonchev–Trinajstić information content (AvgIpc) is 2.82. The maximum Gasteiger partial charge on any atom is 0.220 e. The summed E-state index contributed by atoms with van der Waals surface area (Å²) in [7, 11) is 3.12. The van der Waals surface area contributed by atoms with E-state index in [4.69, 9.17) is 9.47 Å². The minimum atomic E-state index is -0.430. The van der Waals surface area contributed by atoms with Crippen LogP contribution in [0.2, 0.25) is 0 Å². The van der Waals surface area contributed by atoms with E-state index >= 15 is 0 Å². The standard InChI is InChI=1S/C26H26F2N2O3S/c1-6-22(11-7-18(2)27)29-26(30(17-31)23-12-9-21(28)10-13-23)34-19(3)15-20-8-14-24(32-4)25(16-20)33-5/h6-17H,1H2,2-5H3/b18-7+,19-15-,22-11+,29-26?. The minimum Gasteiger partial charge on any atom is -0.493 e. The second kappa shape index (κ2) is 13.2. The predicted molar refractivity (Wildman–Crippen MR) is 136 cm³/mol. The van der Waals surface area contributed by atoms with Gasteiger partial charge in [-0.05, 0) is 85.0 Å². The molecule has 0 aromatic heterocycles. The number of hydrogen-bond acceptors (Lipinski definition) is 5. The van der Waals surface area contributed by atoms with Gasteiger partial charge in [0, 0.05) is 0 Å². The number of nitrogens with zero attached hydrogens (tertiary/aromatic N) is 2. The van der Waals surface area contributed by atoms with Crippen LogP contribution >= 0.6 is 11.8 Å². The Balaban J connectivity index is 2.51. The Morgan fingerprint density at radius 2 is 1.74 bits per heavy atom. The molecule has 0 saturated heterocycles. The minimum absolute atomic E-state index is 0.270. The fraction of sp³-hybridized carbons (Fsp3) is 0.154. The number of hydrogen-bond donors (Lipinski definition) is 0. The number of methoxy groups -OCH3 is 2. The van der Waals surface area contributed by atoms with E-state index in [2.05, 4.69) is 11.6 Å². The molecule has 1 amide bonds.